The number of hydrogen-bond acceptors (Lipinski definition) is 3. The second kappa shape index (κ2) is 8.13. The molecule has 2 aliphatic heterocycles. The van der Waals surface area contributed by atoms with Gasteiger partial charge in [-0.05, 0) is 65.1 Å². The molecule has 106 valence electrons. The number of ether oxygens (including phenoxy) is 1. The van der Waals surface area contributed by atoms with E-state index in [4.69, 9.17) is 4.74 Å². The monoisotopic (exact) mass is 254 g/mol. The molecule has 0 spiro atoms. The number of piperidine rings is 1. The van der Waals surface area contributed by atoms with Gasteiger partial charge in [0.15, 0.2) is 0 Å². The fourth-order valence-corrected chi connectivity index (χ4v) is 3.12. The van der Waals surface area contributed by atoms with E-state index in [1.807, 2.05) is 0 Å². The molecular formula is C15H30N2O. The van der Waals surface area contributed by atoms with Crippen LogP contribution in [-0.2, 0) is 4.74 Å². The maximum Gasteiger partial charge on any atom is 0.0587 e. The molecule has 3 heteroatoms. The van der Waals surface area contributed by atoms with Crippen LogP contribution in [0.4, 0.5) is 0 Å². The SMILES string of the molecule is CC(CN1CCCCC1)NCCC1CCCCO1. The molecule has 0 aliphatic carbocycles. The number of rotatable bonds is 6. The minimum Gasteiger partial charge on any atom is -0.378 e. The highest BCUT2D eigenvalue weighted by atomic mass is 16.5. The number of hydrogen-bond donors (Lipinski definition) is 1. The zero-order chi connectivity index (χ0) is 12.6. The Balaban J connectivity index is 1.52. The van der Waals surface area contributed by atoms with Gasteiger partial charge < -0.3 is 15.0 Å². The van der Waals surface area contributed by atoms with Gasteiger partial charge in [0.25, 0.3) is 0 Å². The Bertz CT molecular complexity index is 211. The lowest BCUT2D eigenvalue weighted by Crippen LogP contribution is -2.42. The van der Waals surface area contributed by atoms with Crippen LogP contribution in [0.25, 0.3) is 0 Å². The van der Waals surface area contributed by atoms with E-state index in [9.17, 15) is 0 Å². The van der Waals surface area contributed by atoms with Crippen molar-refractivity contribution in [3.8, 4) is 0 Å². The molecule has 0 bridgehead atoms. The van der Waals surface area contributed by atoms with Crippen molar-refractivity contribution in [1.82, 2.24) is 10.2 Å². The van der Waals surface area contributed by atoms with Gasteiger partial charge in [0.1, 0.15) is 0 Å². The van der Waals surface area contributed by atoms with Crippen molar-refractivity contribution >= 4 is 0 Å². The van der Waals surface area contributed by atoms with Gasteiger partial charge in [-0.3, -0.25) is 0 Å². The van der Waals surface area contributed by atoms with Crippen molar-refractivity contribution in [2.75, 3.05) is 32.8 Å². The third-order valence-electron chi connectivity index (χ3n) is 4.21. The Hall–Kier alpha value is -0.120. The Kier molecular flexibility index (Phi) is 6.46. The van der Waals surface area contributed by atoms with Crippen LogP contribution in [0.1, 0.15) is 51.9 Å². The summed E-state index contributed by atoms with van der Waals surface area (Å²) in [7, 11) is 0. The van der Waals surface area contributed by atoms with E-state index in [1.165, 1.54) is 64.6 Å². The van der Waals surface area contributed by atoms with Crippen LogP contribution < -0.4 is 5.32 Å². The van der Waals surface area contributed by atoms with E-state index >= 15 is 0 Å². The first-order valence-corrected chi connectivity index (χ1v) is 7.92. The van der Waals surface area contributed by atoms with Gasteiger partial charge in [0, 0.05) is 19.2 Å². The fourth-order valence-electron chi connectivity index (χ4n) is 3.12. The first-order chi connectivity index (χ1) is 8.84. The van der Waals surface area contributed by atoms with Gasteiger partial charge in [-0.25, -0.2) is 0 Å². The van der Waals surface area contributed by atoms with E-state index in [0.29, 0.717) is 12.1 Å². The lowest BCUT2D eigenvalue weighted by atomic mass is 10.1. The van der Waals surface area contributed by atoms with Crippen LogP contribution in [0.2, 0.25) is 0 Å². The fraction of sp³-hybridized carbons (Fsp3) is 1.00. The van der Waals surface area contributed by atoms with Crippen LogP contribution in [0.15, 0.2) is 0 Å². The zero-order valence-corrected chi connectivity index (χ0v) is 12.0. The zero-order valence-electron chi connectivity index (χ0n) is 12.0. The Morgan fingerprint density at radius 1 is 1.17 bits per heavy atom. The standard InChI is InChI=1S/C15H30N2O/c1-14(13-17-10-4-2-5-11-17)16-9-8-15-7-3-6-12-18-15/h14-16H,2-13H2,1H3. The van der Waals surface area contributed by atoms with E-state index in [2.05, 4.69) is 17.1 Å². The van der Waals surface area contributed by atoms with Crippen molar-refractivity contribution in [1.29, 1.82) is 0 Å². The number of nitrogens with one attached hydrogen (secondary N) is 1. The summed E-state index contributed by atoms with van der Waals surface area (Å²) in [6.45, 7) is 8.23. The maximum atomic E-state index is 5.76. The highest BCUT2D eigenvalue weighted by Crippen LogP contribution is 2.15. The summed E-state index contributed by atoms with van der Waals surface area (Å²) in [5.74, 6) is 0. The number of nitrogens with zero attached hydrogens (tertiary/aromatic N) is 1. The van der Waals surface area contributed by atoms with Gasteiger partial charge in [0.2, 0.25) is 0 Å². The lowest BCUT2D eigenvalue weighted by Gasteiger charge is -2.30. The molecule has 2 atom stereocenters. The van der Waals surface area contributed by atoms with Crippen molar-refractivity contribution in [2.45, 2.75) is 64.0 Å². The molecule has 0 aromatic rings. The normalized spacial score (nSPS) is 28.2. The summed E-state index contributed by atoms with van der Waals surface area (Å²) in [4.78, 5) is 2.61. The molecular weight excluding hydrogens is 224 g/mol. The third kappa shape index (κ3) is 5.25. The van der Waals surface area contributed by atoms with Crippen LogP contribution in [-0.4, -0.2) is 49.8 Å². The molecule has 2 aliphatic rings. The molecule has 0 saturated carbocycles. The van der Waals surface area contributed by atoms with Gasteiger partial charge >= 0.3 is 0 Å². The van der Waals surface area contributed by atoms with E-state index in [-0.39, 0.29) is 0 Å². The maximum absolute atomic E-state index is 5.76. The lowest BCUT2D eigenvalue weighted by molar-refractivity contribution is 0.0111. The van der Waals surface area contributed by atoms with Gasteiger partial charge in [-0.15, -0.1) is 0 Å². The van der Waals surface area contributed by atoms with Crippen LogP contribution in [0.5, 0.6) is 0 Å². The first kappa shape index (κ1) is 14.3. The molecule has 2 fully saturated rings. The molecule has 2 saturated heterocycles. The molecule has 0 amide bonds. The van der Waals surface area contributed by atoms with Crippen molar-refractivity contribution < 1.29 is 4.74 Å². The Morgan fingerprint density at radius 3 is 2.72 bits per heavy atom. The first-order valence-electron chi connectivity index (χ1n) is 7.92. The molecule has 0 aromatic heterocycles. The van der Waals surface area contributed by atoms with Gasteiger partial charge in [-0.1, -0.05) is 6.42 Å². The molecule has 0 radical (unpaired) electrons. The largest absolute Gasteiger partial charge is 0.378 e. The minimum absolute atomic E-state index is 0.522. The quantitative estimate of drug-likeness (QED) is 0.788. The number of likely N-dealkylation sites (tertiary alicyclic amines) is 1. The van der Waals surface area contributed by atoms with Gasteiger partial charge in [-0.2, -0.15) is 0 Å². The van der Waals surface area contributed by atoms with E-state index in [1.54, 1.807) is 0 Å². The average molecular weight is 254 g/mol. The summed E-state index contributed by atoms with van der Waals surface area (Å²) in [5.41, 5.74) is 0. The Morgan fingerprint density at radius 2 is 2.00 bits per heavy atom. The smallest absolute Gasteiger partial charge is 0.0587 e. The van der Waals surface area contributed by atoms with Crippen LogP contribution in [0.3, 0.4) is 0 Å². The van der Waals surface area contributed by atoms with Crippen molar-refractivity contribution in [3.63, 3.8) is 0 Å². The molecule has 2 heterocycles. The van der Waals surface area contributed by atoms with E-state index < -0.39 is 0 Å². The molecule has 3 nitrogen and oxygen atoms in total. The van der Waals surface area contributed by atoms with Crippen molar-refractivity contribution in [2.24, 2.45) is 0 Å². The van der Waals surface area contributed by atoms with Crippen LogP contribution >= 0.6 is 0 Å². The topological polar surface area (TPSA) is 24.5 Å². The predicted octanol–water partition coefficient (Wildman–Crippen LogP) is 2.41. The highest BCUT2D eigenvalue weighted by Gasteiger charge is 2.15. The summed E-state index contributed by atoms with van der Waals surface area (Å²) in [6, 6.07) is 0.617. The molecule has 0 aromatic carbocycles. The average Bonchev–Trinajstić information content (AvgIpc) is 2.41. The Labute approximate surface area is 112 Å². The second-order valence-corrected chi connectivity index (χ2v) is 5.99. The summed E-state index contributed by atoms with van der Waals surface area (Å²) >= 11 is 0. The summed E-state index contributed by atoms with van der Waals surface area (Å²) in [5, 5.41) is 3.66. The summed E-state index contributed by atoms with van der Waals surface area (Å²) < 4.78 is 5.76. The molecule has 1 N–H and O–H groups in total. The minimum atomic E-state index is 0.522. The van der Waals surface area contributed by atoms with E-state index in [0.717, 1.165) is 13.2 Å². The highest BCUT2D eigenvalue weighted by molar-refractivity contribution is 4.72. The molecule has 18 heavy (non-hydrogen) atoms. The molecule has 2 rings (SSSR count). The summed E-state index contributed by atoms with van der Waals surface area (Å²) in [6.07, 6.45) is 9.80. The predicted molar refractivity (Wildman–Crippen MR) is 76.0 cm³/mol. The second-order valence-electron chi connectivity index (χ2n) is 5.99. The van der Waals surface area contributed by atoms with Crippen LogP contribution in [0, 0.1) is 0 Å². The third-order valence-corrected chi connectivity index (χ3v) is 4.21. The van der Waals surface area contributed by atoms with Gasteiger partial charge in [0.05, 0.1) is 6.10 Å². The molecule has 2 unspecified atom stereocenters. The van der Waals surface area contributed by atoms with Crippen molar-refractivity contribution in [3.05, 3.63) is 0 Å².